The molecule has 0 radical (unpaired) electrons. The Morgan fingerprint density at radius 2 is 1.93 bits per heavy atom. The molecule has 0 aromatic rings. The van der Waals surface area contributed by atoms with E-state index in [1.807, 2.05) is 6.92 Å². The number of nitrogens with one attached hydrogen (secondary N) is 2. The van der Waals surface area contributed by atoms with Crippen LogP contribution in [0, 0.1) is 5.92 Å². The molecule has 0 bridgehead atoms. The van der Waals surface area contributed by atoms with Gasteiger partial charge in [-0.05, 0) is 25.5 Å². The molecule has 1 unspecified atom stereocenters. The average Bonchev–Trinajstić information content (AvgIpc) is 2.17. The van der Waals surface area contributed by atoms with Crippen molar-refractivity contribution in [3.05, 3.63) is 0 Å². The van der Waals surface area contributed by atoms with Crippen LogP contribution in [0.3, 0.4) is 0 Å². The fourth-order valence-corrected chi connectivity index (χ4v) is 1.43. The molecule has 1 atom stereocenters. The van der Waals surface area contributed by atoms with Crippen LogP contribution in [0.5, 0.6) is 0 Å². The lowest BCUT2D eigenvalue weighted by atomic mass is 10.1. The third kappa shape index (κ3) is 8.75. The Kier molecular flexibility index (Phi) is 8.91. The van der Waals surface area contributed by atoms with Crippen molar-refractivity contribution in [2.45, 2.75) is 33.2 Å². The Morgan fingerprint density at radius 3 is 2.47 bits per heavy atom. The third-order valence-electron chi connectivity index (χ3n) is 2.17. The first-order valence-corrected chi connectivity index (χ1v) is 6.97. The molecule has 90 valence electrons. The summed E-state index contributed by atoms with van der Waals surface area (Å²) in [5, 5.41) is 6.12. The molecule has 0 fully saturated rings. The van der Waals surface area contributed by atoms with Crippen molar-refractivity contribution in [1.82, 2.24) is 10.6 Å². The molecule has 0 spiro atoms. The van der Waals surface area contributed by atoms with E-state index in [-0.39, 0.29) is 11.9 Å². The summed E-state index contributed by atoms with van der Waals surface area (Å²) in [6, 6.07) is -0.0793. The number of rotatable bonds is 8. The van der Waals surface area contributed by atoms with Crippen molar-refractivity contribution in [2.24, 2.45) is 5.92 Å². The van der Waals surface area contributed by atoms with Gasteiger partial charge in [0.05, 0.1) is 6.04 Å². The van der Waals surface area contributed by atoms with Crippen molar-refractivity contribution < 1.29 is 4.79 Å². The fraction of sp³-hybridized carbons (Fsp3) is 0.909. The quantitative estimate of drug-likeness (QED) is 0.623. The van der Waals surface area contributed by atoms with Gasteiger partial charge in [-0.1, -0.05) is 13.8 Å². The zero-order valence-electron chi connectivity index (χ0n) is 10.3. The highest BCUT2D eigenvalue weighted by molar-refractivity contribution is 7.98. The first kappa shape index (κ1) is 14.8. The second-order valence-corrected chi connectivity index (χ2v) is 5.13. The van der Waals surface area contributed by atoms with Crippen LogP contribution in [0.1, 0.15) is 27.2 Å². The first-order valence-electron chi connectivity index (χ1n) is 5.58. The van der Waals surface area contributed by atoms with Crippen LogP contribution in [0.25, 0.3) is 0 Å². The van der Waals surface area contributed by atoms with Gasteiger partial charge in [0.25, 0.3) is 0 Å². The molecule has 0 saturated carbocycles. The summed E-state index contributed by atoms with van der Waals surface area (Å²) in [7, 11) is 0. The number of carbonyl (C=O) groups excluding carboxylic acids is 1. The minimum atomic E-state index is -0.0793. The summed E-state index contributed by atoms with van der Waals surface area (Å²) in [6.45, 7) is 7.90. The SMILES string of the molecule is CSCCNC(C)C(=O)NCCC(C)C. The first-order chi connectivity index (χ1) is 7.07. The minimum Gasteiger partial charge on any atom is -0.355 e. The van der Waals surface area contributed by atoms with E-state index in [2.05, 4.69) is 30.7 Å². The van der Waals surface area contributed by atoms with Crippen LogP contribution in [0.2, 0.25) is 0 Å². The second kappa shape index (κ2) is 9.04. The molecule has 4 heteroatoms. The average molecular weight is 232 g/mol. The van der Waals surface area contributed by atoms with Gasteiger partial charge in [0, 0.05) is 18.8 Å². The molecule has 3 nitrogen and oxygen atoms in total. The Hall–Kier alpha value is -0.220. The summed E-state index contributed by atoms with van der Waals surface area (Å²) in [5.41, 5.74) is 0. The van der Waals surface area contributed by atoms with Gasteiger partial charge in [-0.2, -0.15) is 11.8 Å². The van der Waals surface area contributed by atoms with Crippen molar-refractivity contribution in [1.29, 1.82) is 0 Å². The Balaban J connectivity index is 3.51. The Morgan fingerprint density at radius 1 is 1.27 bits per heavy atom. The van der Waals surface area contributed by atoms with Crippen LogP contribution in [-0.2, 0) is 4.79 Å². The monoisotopic (exact) mass is 232 g/mol. The predicted molar refractivity (Wildman–Crippen MR) is 68.3 cm³/mol. The molecule has 0 aromatic carbocycles. The van der Waals surface area contributed by atoms with E-state index in [4.69, 9.17) is 0 Å². The van der Waals surface area contributed by atoms with Crippen LogP contribution >= 0.6 is 11.8 Å². The number of carbonyl (C=O) groups is 1. The van der Waals surface area contributed by atoms with Gasteiger partial charge >= 0.3 is 0 Å². The molecule has 0 aliphatic heterocycles. The molecular formula is C11H24N2OS. The van der Waals surface area contributed by atoms with Crippen LogP contribution in [0.4, 0.5) is 0 Å². The molecule has 2 N–H and O–H groups in total. The molecule has 0 rings (SSSR count). The normalized spacial score (nSPS) is 12.9. The van der Waals surface area contributed by atoms with Gasteiger partial charge in [-0.3, -0.25) is 4.79 Å². The highest BCUT2D eigenvalue weighted by atomic mass is 32.2. The van der Waals surface area contributed by atoms with E-state index in [1.165, 1.54) is 0 Å². The van der Waals surface area contributed by atoms with Gasteiger partial charge < -0.3 is 10.6 Å². The maximum absolute atomic E-state index is 11.5. The van der Waals surface area contributed by atoms with Gasteiger partial charge in [0.2, 0.25) is 5.91 Å². The van der Waals surface area contributed by atoms with Crippen molar-refractivity contribution in [3.8, 4) is 0 Å². The van der Waals surface area contributed by atoms with Gasteiger partial charge in [0.15, 0.2) is 0 Å². The van der Waals surface area contributed by atoms with E-state index in [9.17, 15) is 4.79 Å². The number of hydrogen-bond donors (Lipinski definition) is 2. The zero-order chi connectivity index (χ0) is 11.7. The minimum absolute atomic E-state index is 0.0793. The van der Waals surface area contributed by atoms with Crippen molar-refractivity contribution >= 4 is 17.7 Å². The summed E-state index contributed by atoms with van der Waals surface area (Å²) in [6.07, 6.45) is 3.11. The van der Waals surface area contributed by atoms with Gasteiger partial charge in [0.1, 0.15) is 0 Å². The Labute approximate surface area is 97.8 Å². The van der Waals surface area contributed by atoms with Crippen LogP contribution < -0.4 is 10.6 Å². The maximum Gasteiger partial charge on any atom is 0.236 e. The number of thioether (sulfide) groups is 1. The second-order valence-electron chi connectivity index (χ2n) is 4.14. The topological polar surface area (TPSA) is 41.1 Å². The van der Waals surface area contributed by atoms with E-state index in [0.717, 1.165) is 25.3 Å². The van der Waals surface area contributed by atoms with Crippen molar-refractivity contribution in [2.75, 3.05) is 25.1 Å². The largest absolute Gasteiger partial charge is 0.355 e. The summed E-state index contributed by atoms with van der Waals surface area (Å²) >= 11 is 1.78. The molecule has 15 heavy (non-hydrogen) atoms. The molecule has 0 aliphatic rings. The molecule has 1 amide bonds. The summed E-state index contributed by atoms with van der Waals surface area (Å²) in [5.74, 6) is 1.80. The van der Waals surface area contributed by atoms with Crippen molar-refractivity contribution in [3.63, 3.8) is 0 Å². The lowest BCUT2D eigenvalue weighted by Gasteiger charge is -2.14. The van der Waals surface area contributed by atoms with E-state index in [1.54, 1.807) is 11.8 Å². The molecule has 0 aromatic heterocycles. The lowest BCUT2D eigenvalue weighted by molar-refractivity contribution is -0.122. The van der Waals surface area contributed by atoms with Crippen LogP contribution in [0.15, 0.2) is 0 Å². The number of amides is 1. The molecular weight excluding hydrogens is 208 g/mol. The third-order valence-corrected chi connectivity index (χ3v) is 2.78. The van der Waals surface area contributed by atoms with Crippen LogP contribution in [-0.4, -0.2) is 37.0 Å². The summed E-state index contributed by atoms with van der Waals surface area (Å²) < 4.78 is 0. The van der Waals surface area contributed by atoms with E-state index >= 15 is 0 Å². The maximum atomic E-state index is 11.5. The zero-order valence-corrected chi connectivity index (χ0v) is 11.1. The standard InChI is InChI=1S/C11H24N2OS/c1-9(2)5-6-13-11(14)10(3)12-7-8-15-4/h9-10,12H,5-8H2,1-4H3,(H,13,14). The molecule has 0 saturated heterocycles. The van der Waals surface area contributed by atoms with Gasteiger partial charge in [-0.15, -0.1) is 0 Å². The van der Waals surface area contributed by atoms with Gasteiger partial charge in [-0.25, -0.2) is 0 Å². The Bertz CT molecular complexity index is 174. The molecule has 0 aliphatic carbocycles. The predicted octanol–water partition coefficient (Wildman–Crippen LogP) is 1.49. The number of hydrogen-bond acceptors (Lipinski definition) is 3. The highest BCUT2D eigenvalue weighted by Crippen LogP contribution is 1.96. The molecule has 0 heterocycles. The fourth-order valence-electron chi connectivity index (χ4n) is 1.11. The smallest absolute Gasteiger partial charge is 0.236 e. The van der Waals surface area contributed by atoms with E-state index < -0.39 is 0 Å². The lowest BCUT2D eigenvalue weighted by Crippen LogP contribution is -2.43. The highest BCUT2D eigenvalue weighted by Gasteiger charge is 2.10. The van der Waals surface area contributed by atoms with E-state index in [0.29, 0.717) is 5.92 Å². The summed E-state index contributed by atoms with van der Waals surface area (Å²) in [4.78, 5) is 11.5.